The average molecular weight is 259 g/mol. The number of alkyl halides is 2. The van der Waals surface area contributed by atoms with Gasteiger partial charge in [0.25, 0.3) is 0 Å². The van der Waals surface area contributed by atoms with Gasteiger partial charge in [-0.15, -0.1) is 5.10 Å². The highest BCUT2D eigenvalue weighted by Gasteiger charge is 2.22. The standard InChI is InChI=1S/C6H8Cl2N2OS2/c1-3(2)13(11)6-10-9-5(12-6)4(7)8/h3-4H,1-2H3. The molecular formula is C6H8Cl2N2OS2. The Balaban J connectivity index is 2.79. The second kappa shape index (κ2) is 4.79. The topological polar surface area (TPSA) is 48.8 Å². The summed E-state index contributed by atoms with van der Waals surface area (Å²) in [4.78, 5) is -0.685. The van der Waals surface area contributed by atoms with Crippen molar-refractivity contribution in [1.29, 1.82) is 0 Å². The lowest BCUT2D eigenvalue weighted by molar-refractivity contribution is 0.584. The Morgan fingerprint density at radius 1 is 1.38 bits per heavy atom. The summed E-state index contributed by atoms with van der Waals surface area (Å²) in [5.41, 5.74) is 0. The van der Waals surface area contributed by atoms with Crippen molar-refractivity contribution >= 4 is 45.7 Å². The van der Waals surface area contributed by atoms with Crippen LogP contribution >= 0.6 is 34.5 Å². The molecule has 0 bridgehead atoms. The van der Waals surface area contributed by atoms with Gasteiger partial charge < -0.3 is 4.55 Å². The van der Waals surface area contributed by atoms with Crippen LogP contribution in [0.2, 0.25) is 0 Å². The Kier molecular flexibility index (Phi) is 4.25. The van der Waals surface area contributed by atoms with Crippen LogP contribution in [0.25, 0.3) is 0 Å². The van der Waals surface area contributed by atoms with E-state index >= 15 is 0 Å². The third kappa shape index (κ3) is 2.95. The molecule has 1 atom stereocenters. The number of nitrogens with zero attached hydrogens (tertiary/aromatic N) is 2. The summed E-state index contributed by atoms with van der Waals surface area (Å²) in [5, 5.41) is 8.01. The number of hydrogen-bond acceptors (Lipinski definition) is 4. The summed E-state index contributed by atoms with van der Waals surface area (Å²) < 4.78 is 12.0. The van der Waals surface area contributed by atoms with E-state index in [1.54, 1.807) is 0 Å². The summed E-state index contributed by atoms with van der Waals surface area (Å²) >= 11 is 11.2. The Hall–Kier alpha value is 0.450. The van der Waals surface area contributed by atoms with Gasteiger partial charge in [-0.2, -0.15) is 0 Å². The van der Waals surface area contributed by atoms with E-state index in [-0.39, 0.29) is 5.25 Å². The molecule has 74 valence electrons. The molecule has 0 fully saturated rings. The van der Waals surface area contributed by atoms with Crippen molar-refractivity contribution in [3.63, 3.8) is 0 Å². The zero-order chi connectivity index (χ0) is 10.0. The number of hydrogen-bond donors (Lipinski definition) is 0. The molecule has 13 heavy (non-hydrogen) atoms. The SMILES string of the molecule is CC(C)[S+]([O-])c1nnc(C(Cl)Cl)s1. The van der Waals surface area contributed by atoms with Gasteiger partial charge in [-0.25, -0.2) is 0 Å². The minimum Gasteiger partial charge on any atom is -0.609 e. The average Bonchev–Trinajstić information content (AvgIpc) is 2.50. The van der Waals surface area contributed by atoms with Gasteiger partial charge in [0.1, 0.15) is 5.25 Å². The van der Waals surface area contributed by atoms with Crippen molar-refractivity contribution in [2.45, 2.75) is 28.3 Å². The zero-order valence-corrected chi connectivity index (χ0v) is 10.2. The van der Waals surface area contributed by atoms with E-state index < -0.39 is 16.0 Å². The van der Waals surface area contributed by atoms with Crippen LogP contribution in [0.1, 0.15) is 23.7 Å². The van der Waals surface area contributed by atoms with Gasteiger partial charge in [-0.3, -0.25) is 0 Å². The lowest BCUT2D eigenvalue weighted by Crippen LogP contribution is -2.13. The van der Waals surface area contributed by atoms with Crippen molar-refractivity contribution in [1.82, 2.24) is 10.2 Å². The Morgan fingerprint density at radius 2 is 2.00 bits per heavy atom. The lowest BCUT2D eigenvalue weighted by Gasteiger charge is -2.08. The van der Waals surface area contributed by atoms with Crippen LogP contribution in [0.15, 0.2) is 4.34 Å². The molecule has 0 saturated heterocycles. The summed E-state index contributed by atoms with van der Waals surface area (Å²) in [7, 11) is 0. The molecule has 0 aliphatic rings. The molecule has 3 nitrogen and oxygen atoms in total. The van der Waals surface area contributed by atoms with E-state index in [1.165, 1.54) is 11.3 Å². The maximum absolute atomic E-state index is 11.5. The summed E-state index contributed by atoms with van der Waals surface area (Å²) in [6.45, 7) is 3.71. The van der Waals surface area contributed by atoms with Crippen LogP contribution in [-0.2, 0) is 11.2 Å². The third-order valence-electron chi connectivity index (χ3n) is 1.21. The Bertz CT molecular complexity index is 279. The molecule has 0 radical (unpaired) electrons. The van der Waals surface area contributed by atoms with E-state index in [2.05, 4.69) is 10.2 Å². The van der Waals surface area contributed by atoms with Gasteiger partial charge in [0.15, 0.2) is 9.84 Å². The van der Waals surface area contributed by atoms with Gasteiger partial charge in [0, 0.05) is 11.2 Å². The molecule has 1 unspecified atom stereocenters. The molecule has 0 aliphatic heterocycles. The van der Waals surface area contributed by atoms with Gasteiger partial charge in [0.2, 0.25) is 0 Å². The molecule has 0 aromatic carbocycles. The fourth-order valence-corrected chi connectivity index (χ4v) is 3.06. The van der Waals surface area contributed by atoms with Gasteiger partial charge >= 0.3 is 4.34 Å². The van der Waals surface area contributed by atoms with Crippen LogP contribution < -0.4 is 0 Å². The summed E-state index contributed by atoms with van der Waals surface area (Å²) in [5.74, 6) is 0. The predicted octanol–water partition coefficient (Wildman–Crippen LogP) is 2.53. The third-order valence-corrected chi connectivity index (χ3v) is 4.69. The van der Waals surface area contributed by atoms with Gasteiger partial charge in [-0.05, 0) is 25.2 Å². The van der Waals surface area contributed by atoms with Crippen LogP contribution in [0.3, 0.4) is 0 Å². The van der Waals surface area contributed by atoms with Crippen LogP contribution in [0, 0.1) is 0 Å². The van der Waals surface area contributed by atoms with Gasteiger partial charge in [-0.1, -0.05) is 28.3 Å². The van der Waals surface area contributed by atoms with Crippen molar-refractivity contribution in [2.75, 3.05) is 0 Å². The molecule has 7 heteroatoms. The van der Waals surface area contributed by atoms with Gasteiger partial charge in [0.05, 0.1) is 0 Å². The smallest absolute Gasteiger partial charge is 0.322 e. The van der Waals surface area contributed by atoms with E-state index in [0.29, 0.717) is 9.35 Å². The summed E-state index contributed by atoms with van der Waals surface area (Å²) in [6.07, 6.45) is 0. The molecule has 1 heterocycles. The highest BCUT2D eigenvalue weighted by molar-refractivity contribution is 7.93. The molecule has 0 aliphatic carbocycles. The Morgan fingerprint density at radius 3 is 2.38 bits per heavy atom. The first-order valence-electron chi connectivity index (χ1n) is 3.54. The second-order valence-electron chi connectivity index (χ2n) is 2.55. The highest BCUT2D eigenvalue weighted by atomic mass is 35.5. The number of halogens is 2. The Labute approximate surface area is 93.6 Å². The van der Waals surface area contributed by atoms with E-state index in [4.69, 9.17) is 23.2 Å². The molecule has 0 N–H and O–H groups in total. The molecule has 0 spiro atoms. The second-order valence-corrected chi connectivity index (χ2v) is 6.84. The predicted molar refractivity (Wildman–Crippen MR) is 55.9 cm³/mol. The van der Waals surface area contributed by atoms with E-state index in [1.807, 2.05) is 13.8 Å². The van der Waals surface area contributed by atoms with Crippen LogP contribution in [0.4, 0.5) is 0 Å². The minimum absolute atomic E-state index is 0.0323. The maximum atomic E-state index is 11.5. The highest BCUT2D eigenvalue weighted by Crippen LogP contribution is 2.30. The molecular weight excluding hydrogens is 251 g/mol. The fourth-order valence-electron chi connectivity index (χ4n) is 0.592. The molecule has 1 rings (SSSR count). The minimum atomic E-state index is -1.10. The molecule has 0 saturated carbocycles. The normalized spacial score (nSPS) is 14.1. The van der Waals surface area contributed by atoms with Crippen molar-refractivity contribution in [3.8, 4) is 0 Å². The van der Waals surface area contributed by atoms with Crippen LogP contribution in [-0.4, -0.2) is 20.0 Å². The van der Waals surface area contributed by atoms with Crippen molar-refractivity contribution < 1.29 is 4.55 Å². The number of rotatable bonds is 3. The zero-order valence-electron chi connectivity index (χ0n) is 7.03. The molecule has 1 aromatic rings. The molecule has 0 amide bonds. The van der Waals surface area contributed by atoms with E-state index in [9.17, 15) is 4.55 Å². The lowest BCUT2D eigenvalue weighted by atomic mass is 10.6. The fraction of sp³-hybridized carbons (Fsp3) is 0.667. The quantitative estimate of drug-likeness (QED) is 0.619. The van der Waals surface area contributed by atoms with Crippen molar-refractivity contribution in [2.24, 2.45) is 0 Å². The van der Waals surface area contributed by atoms with Crippen LogP contribution in [0.5, 0.6) is 0 Å². The first-order valence-corrected chi connectivity index (χ1v) is 6.44. The largest absolute Gasteiger partial charge is 0.609 e. The molecule has 1 aromatic heterocycles. The first kappa shape index (κ1) is 11.5. The van der Waals surface area contributed by atoms with E-state index in [0.717, 1.165) is 0 Å². The van der Waals surface area contributed by atoms with Crippen molar-refractivity contribution in [3.05, 3.63) is 5.01 Å². The first-order chi connectivity index (χ1) is 6.02. The monoisotopic (exact) mass is 258 g/mol. The maximum Gasteiger partial charge on any atom is 0.322 e. The summed E-state index contributed by atoms with van der Waals surface area (Å²) in [6, 6.07) is 0. The number of aromatic nitrogens is 2.